The highest BCUT2D eigenvalue weighted by Gasteiger charge is 2.09. The van der Waals surface area contributed by atoms with E-state index in [0.717, 1.165) is 11.9 Å². The quantitative estimate of drug-likeness (QED) is 0.333. The predicted octanol–water partition coefficient (Wildman–Crippen LogP) is 0.264. The number of rotatable bonds is 5. The molecular weight excluding hydrogens is 222 g/mol. The van der Waals surface area contributed by atoms with Crippen LogP contribution in [0.25, 0.3) is 0 Å². The minimum Gasteiger partial charge on any atom is -0.497 e. The van der Waals surface area contributed by atoms with Crippen molar-refractivity contribution in [3.8, 4) is 11.5 Å². The molecule has 0 bridgehead atoms. The molecule has 0 aliphatic rings. The molecule has 1 aromatic carbocycles. The summed E-state index contributed by atoms with van der Waals surface area (Å²) in [6, 6.07) is 5.26. The van der Waals surface area contributed by atoms with Crippen molar-refractivity contribution in [3.63, 3.8) is 0 Å². The van der Waals surface area contributed by atoms with Gasteiger partial charge >= 0.3 is 0 Å². The molecular formula is C11H15N3O3. The van der Waals surface area contributed by atoms with Gasteiger partial charge in [-0.25, -0.2) is 0 Å². The van der Waals surface area contributed by atoms with Crippen LogP contribution in [-0.4, -0.2) is 26.5 Å². The Morgan fingerprint density at radius 1 is 1.47 bits per heavy atom. The normalized spacial score (nSPS) is 10.2. The number of nitrogens with zero attached hydrogens (tertiary/aromatic N) is 1. The van der Waals surface area contributed by atoms with E-state index in [1.165, 1.54) is 7.11 Å². The number of carbonyl (C=O) groups is 1. The van der Waals surface area contributed by atoms with Crippen LogP contribution in [0.5, 0.6) is 11.5 Å². The molecule has 0 radical (unpaired) electrons. The Bertz CT molecular complexity index is 418. The third kappa shape index (κ3) is 3.67. The van der Waals surface area contributed by atoms with Crippen molar-refractivity contribution < 1.29 is 14.3 Å². The maximum absolute atomic E-state index is 11.4. The van der Waals surface area contributed by atoms with Crippen molar-refractivity contribution in [2.45, 2.75) is 6.42 Å². The van der Waals surface area contributed by atoms with Crippen LogP contribution in [0.4, 0.5) is 0 Å². The Labute approximate surface area is 99.4 Å². The van der Waals surface area contributed by atoms with E-state index < -0.39 is 0 Å². The number of hydrogen-bond donors (Lipinski definition) is 2. The van der Waals surface area contributed by atoms with Gasteiger partial charge in [0.2, 0.25) is 5.91 Å². The maximum atomic E-state index is 11.4. The standard InChI is InChI=1S/C11H15N3O3/c1-16-9-4-3-8(10(6-9)17-2)5-11(15)13-7-14-12/h3-4,6-7H,5,12H2,1-2H3,(H,13,14,15). The minimum absolute atomic E-state index is 0.180. The number of ether oxygens (including phenoxy) is 2. The highest BCUT2D eigenvalue weighted by atomic mass is 16.5. The molecule has 0 spiro atoms. The summed E-state index contributed by atoms with van der Waals surface area (Å²) in [5.41, 5.74) is 0.760. The second-order valence-corrected chi connectivity index (χ2v) is 3.20. The molecule has 0 saturated heterocycles. The number of benzene rings is 1. The molecule has 0 saturated carbocycles. The molecule has 0 aliphatic carbocycles. The first-order valence-corrected chi connectivity index (χ1v) is 4.93. The first-order chi connectivity index (χ1) is 8.21. The Morgan fingerprint density at radius 3 is 2.82 bits per heavy atom. The summed E-state index contributed by atoms with van der Waals surface area (Å²) in [5.74, 6) is 5.93. The fourth-order valence-electron chi connectivity index (χ4n) is 1.33. The van der Waals surface area contributed by atoms with Crippen LogP contribution in [0.1, 0.15) is 5.56 Å². The number of nitrogens with two attached hydrogens (primary N) is 1. The second kappa shape index (κ2) is 6.37. The van der Waals surface area contributed by atoms with Crippen LogP contribution >= 0.6 is 0 Å². The molecule has 6 heteroatoms. The lowest BCUT2D eigenvalue weighted by atomic mass is 10.1. The highest BCUT2D eigenvalue weighted by molar-refractivity contribution is 5.89. The zero-order chi connectivity index (χ0) is 12.7. The molecule has 92 valence electrons. The van der Waals surface area contributed by atoms with Crippen molar-refractivity contribution in [2.24, 2.45) is 10.9 Å². The summed E-state index contributed by atoms with van der Waals surface area (Å²) in [5, 5.41) is 5.60. The van der Waals surface area contributed by atoms with Gasteiger partial charge in [-0.3, -0.25) is 4.79 Å². The zero-order valence-corrected chi connectivity index (χ0v) is 9.77. The molecule has 17 heavy (non-hydrogen) atoms. The molecule has 1 aromatic rings. The van der Waals surface area contributed by atoms with Crippen LogP contribution < -0.4 is 20.6 Å². The van der Waals surface area contributed by atoms with Gasteiger partial charge in [-0.15, -0.1) is 0 Å². The van der Waals surface area contributed by atoms with E-state index in [9.17, 15) is 4.79 Å². The fourth-order valence-corrected chi connectivity index (χ4v) is 1.33. The molecule has 0 unspecified atom stereocenters. The monoisotopic (exact) mass is 237 g/mol. The number of methoxy groups -OCH3 is 2. The summed E-state index contributed by atoms with van der Waals surface area (Å²) >= 11 is 0. The molecule has 0 aromatic heterocycles. The number of amides is 1. The third-order valence-corrected chi connectivity index (χ3v) is 2.15. The number of carbonyl (C=O) groups excluding carboxylic acids is 1. The van der Waals surface area contributed by atoms with Gasteiger partial charge in [0.05, 0.1) is 20.6 Å². The number of hydrogen-bond acceptors (Lipinski definition) is 5. The highest BCUT2D eigenvalue weighted by Crippen LogP contribution is 2.24. The van der Waals surface area contributed by atoms with Gasteiger partial charge in [-0.05, 0) is 6.07 Å². The average molecular weight is 237 g/mol. The predicted molar refractivity (Wildman–Crippen MR) is 64.1 cm³/mol. The van der Waals surface area contributed by atoms with E-state index in [1.807, 2.05) is 0 Å². The van der Waals surface area contributed by atoms with Crippen molar-refractivity contribution >= 4 is 12.2 Å². The van der Waals surface area contributed by atoms with Gasteiger partial charge in [0.15, 0.2) is 0 Å². The van der Waals surface area contributed by atoms with Gasteiger partial charge in [0.25, 0.3) is 0 Å². The van der Waals surface area contributed by atoms with E-state index >= 15 is 0 Å². The van der Waals surface area contributed by atoms with Crippen LogP contribution in [-0.2, 0) is 11.2 Å². The van der Waals surface area contributed by atoms with Crippen LogP contribution in [0, 0.1) is 0 Å². The Balaban J connectivity index is 2.79. The van der Waals surface area contributed by atoms with Gasteiger partial charge in [0, 0.05) is 11.6 Å². The lowest BCUT2D eigenvalue weighted by Gasteiger charge is -2.09. The summed E-state index contributed by atoms with van der Waals surface area (Å²) in [6.45, 7) is 0. The molecule has 0 atom stereocenters. The largest absolute Gasteiger partial charge is 0.497 e. The van der Waals surface area contributed by atoms with E-state index in [-0.39, 0.29) is 12.3 Å². The molecule has 1 amide bonds. The SMILES string of the molecule is COc1ccc(CC(=O)NC=NN)c(OC)c1. The van der Waals surface area contributed by atoms with Crippen molar-refractivity contribution in [2.75, 3.05) is 14.2 Å². The van der Waals surface area contributed by atoms with Gasteiger partial charge in [0.1, 0.15) is 17.8 Å². The Hall–Kier alpha value is -2.24. The summed E-state index contributed by atoms with van der Waals surface area (Å²) < 4.78 is 10.2. The molecule has 0 heterocycles. The summed E-state index contributed by atoms with van der Waals surface area (Å²) in [4.78, 5) is 11.4. The minimum atomic E-state index is -0.220. The van der Waals surface area contributed by atoms with E-state index in [1.54, 1.807) is 25.3 Å². The Kier molecular flexibility index (Phi) is 4.80. The van der Waals surface area contributed by atoms with E-state index in [4.69, 9.17) is 15.3 Å². The maximum Gasteiger partial charge on any atom is 0.229 e. The molecule has 1 rings (SSSR count). The smallest absolute Gasteiger partial charge is 0.229 e. The summed E-state index contributed by atoms with van der Waals surface area (Å²) in [7, 11) is 3.11. The van der Waals surface area contributed by atoms with E-state index in [2.05, 4.69) is 10.4 Å². The third-order valence-electron chi connectivity index (χ3n) is 2.15. The first-order valence-electron chi connectivity index (χ1n) is 4.93. The lowest BCUT2D eigenvalue weighted by molar-refractivity contribution is -0.119. The average Bonchev–Trinajstić information content (AvgIpc) is 2.36. The molecule has 6 nitrogen and oxygen atoms in total. The number of nitrogens with one attached hydrogen (secondary N) is 1. The topological polar surface area (TPSA) is 85.9 Å². The molecule has 3 N–H and O–H groups in total. The zero-order valence-electron chi connectivity index (χ0n) is 9.77. The second-order valence-electron chi connectivity index (χ2n) is 3.20. The van der Waals surface area contributed by atoms with Gasteiger partial charge in [-0.1, -0.05) is 6.07 Å². The molecule has 0 fully saturated rings. The lowest BCUT2D eigenvalue weighted by Crippen LogP contribution is -2.24. The van der Waals surface area contributed by atoms with Crippen molar-refractivity contribution in [3.05, 3.63) is 23.8 Å². The van der Waals surface area contributed by atoms with Gasteiger partial charge in [-0.2, -0.15) is 5.10 Å². The first kappa shape index (κ1) is 12.8. The van der Waals surface area contributed by atoms with E-state index in [0.29, 0.717) is 11.5 Å². The fraction of sp³-hybridized carbons (Fsp3) is 0.273. The molecule has 0 aliphatic heterocycles. The van der Waals surface area contributed by atoms with Crippen LogP contribution in [0.2, 0.25) is 0 Å². The Morgan fingerprint density at radius 2 is 2.24 bits per heavy atom. The van der Waals surface area contributed by atoms with Crippen LogP contribution in [0.15, 0.2) is 23.3 Å². The van der Waals surface area contributed by atoms with Crippen LogP contribution in [0.3, 0.4) is 0 Å². The summed E-state index contributed by atoms with van der Waals surface area (Å²) in [6.07, 6.45) is 1.32. The van der Waals surface area contributed by atoms with Gasteiger partial charge < -0.3 is 20.6 Å². The number of hydrazone groups is 1. The van der Waals surface area contributed by atoms with Crippen molar-refractivity contribution in [1.82, 2.24) is 5.32 Å². The van der Waals surface area contributed by atoms with Crippen molar-refractivity contribution in [1.29, 1.82) is 0 Å².